The lowest BCUT2D eigenvalue weighted by Gasteiger charge is -2.34. The van der Waals surface area contributed by atoms with Gasteiger partial charge in [-0.05, 0) is 26.2 Å². The van der Waals surface area contributed by atoms with Crippen molar-refractivity contribution in [3.05, 3.63) is 0 Å². The highest BCUT2D eigenvalue weighted by atomic mass is 16.2. The van der Waals surface area contributed by atoms with Crippen LogP contribution in [0.1, 0.15) is 39.5 Å². The van der Waals surface area contributed by atoms with E-state index in [4.69, 9.17) is 5.73 Å². The van der Waals surface area contributed by atoms with E-state index >= 15 is 0 Å². The van der Waals surface area contributed by atoms with Crippen LogP contribution in [0.3, 0.4) is 0 Å². The second kappa shape index (κ2) is 2.97. The van der Waals surface area contributed by atoms with E-state index in [-0.39, 0.29) is 11.6 Å². The highest BCUT2D eigenvalue weighted by Crippen LogP contribution is 2.38. The number of hydrogen-bond acceptors (Lipinski definition) is 2. The summed E-state index contributed by atoms with van der Waals surface area (Å²) in [6.07, 6.45) is 4.13. The van der Waals surface area contributed by atoms with Crippen molar-refractivity contribution in [2.45, 2.75) is 51.1 Å². The molecule has 78 valence electrons. The van der Waals surface area contributed by atoms with Gasteiger partial charge in [0.15, 0.2) is 0 Å². The Hall–Kier alpha value is -1.06. The van der Waals surface area contributed by atoms with Crippen molar-refractivity contribution >= 4 is 11.9 Å². The molecule has 4 heteroatoms. The number of nitrogens with zero attached hydrogens (tertiary/aromatic N) is 2. The number of amidine groups is 1. The zero-order chi connectivity index (χ0) is 10.3. The standard InChI is InChI=1S/C10H17N3O/c1-3-6-10(2)8(11)12-9(14)13(10)7-4-5-7/h7H,3-6H2,1-2H3,(H2,11,12,14). The number of urea groups is 1. The lowest BCUT2D eigenvalue weighted by atomic mass is 9.93. The van der Waals surface area contributed by atoms with Gasteiger partial charge in [-0.2, -0.15) is 4.99 Å². The van der Waals surface area contributed by atoms with Crippen LogP contribution in [0.2, 0.25) is 0 Å². The Morgan fingerprint density at radius 2 is 2.29 bits per heavy atom. The Balaban J connectivity index is 2.26. The Bertz CT molecular complexity index is 296. The highest BCUT2D eigenvalue weighted by Gasteiger charge is 2.50. The summed E-state index contributed by atoms with van der Waals surface area (Å²) in [5, 5.41) is 0. The second-order valence-corrected chi connectivity index (χ2v) is 4.40. The van der Waals surface area contributed by atoms with Crippen LogP contribution in [0.25, 0.3) is 0 Å². The van der Waals surface area contributed by atoms with E-state index in [2.05, 4.69) is 11.9 Å². The van der Waals surface area contributed by atoms with E-state index in [9.17, 15) is 4.79 Å². The molecule has 0 saturated heterocycles. The van der Waals surface area contributed by atoms with E-state index in [1.54, 1.807) is 0 Å². The molecule has 2 rings (SSSR count). The van der Waals surface area contributed by atoms with Crippen LogP contribution in [-0.2, 0) is 0 Å². The molecule has 14 heavy (non-hydrogen) atoms. The third-order valence-corrected chi connectivity index (χ3v) is 3.15. The van der Waals surface area contributed by atoms with Crippen molar-refractivity contribution in [3.8, 4) is 0 Å². The molecule has 0 aromatic carbocycles. The number of hydrogen-bond donors (Lipinski definition) is 1. The fourth-order valence-corrected chi connectivity index (χ4v) is 2.24. The predicted molar refractivity (Wildman–Crippen MR) is 55.2 cm³/mol. The van der Waals surface area contributed by atoms with Gasteiger partial charge in [0.05, 0.1) is 5.54 Å². The fraction of sp³-hybridized carbons (Fsp3) is 0.800. The normalized spacial score (nSPS) is 32.3. The summed E-state index contributed by atoms with van der Waals surface area (Å²) >= 11 is 0. The van der Waals surface area contributed by atoms with Gasteiger partial charge in [-0.15, -0.1) is 0 Å². The van der Waals surface area contributed by atoms with E-state index in [1.165, 1.54) is 0 Å². The summed E-state index contributed by atoms with van der Waals surface area (Å²) in [7, 11) is 0. The molecule has 1 fully saturated rings. The van der Waals surface area contributed by atoms with Gasteiger partial charge in [0.1, 0.15) is 5.84 Å². The molecule has 2 amide bonds. The third-order valence-electron chi connectivity index (χ3n) is 3.15. The first-order chi connectivity index (χ1) is 6.59. The summed E-state index contributed by atoms with van der Waals surface area (Å²) in [5.41, 5.74) is 5.52. The van der Waals surface area contributed by atoms with Gasteiger partial charge in [0, 0.05) is 6.04 Å². The van der Waals surface area contributed by atoms with Crippen molar-refractivity contribution in [1.29, 1.82) is 0 Å². The summed E-state index contributed by atoms with van der Waals surface area (Å²) in [6, 6.07) is 0.254. The van der Waals surface area contributed by atoms with E-state index in [0.717, 1.165) is 25.7 Å². The number of rotatable bonds is 3. The molecule has 1 aliphatic carbocycles. The molecule has 1 atom stereocenters. The van der Waals surface area contributed by atoms with Crippen LogP contribution in [-0.4, -0.2) is 28.3 Å². The first-order valence-corrected chi connectivity index (χ1v) is 5.27. The molecule has 2 N–H and O–H groups in total. The smallest absolute Gasteiger partial charge is 0.346 e. The van der Waals surface area contributed by atoms with Crippen molar-refractivity contribution in [3.63, 3.8) is 0 Å². The summed E-state index contributed by atoms with van der Waals surface area (Å²) in [4.78, 5) is 17.4. The highest BCUT2D eigenvalue weighted by molar-refractivity contribution is 6.05. The number of nitrogens with two attached hydrogens (primary N) is 1. The Morgan fingerprint density at radius 3 is 2.79 bits per heavy atom. The maximum atomic E-state index is 11.6. The molecule has 1 unspecified atom stereocenters. The molecule has 0 bridgehead atoms. The minimum absolute atomic E-state index is 0.138. The molecule has 0 aromatic heterocycles. The van der Waals surface area contributed by atoms with E-state index in [0.29, 0.717) is 11.9 Å². The summed E-state index contributed by atoms with van der Waals surface area (Å²) in [6.45, 7) is 4.13. The number of amides is 2. The Kier molecular flexibility index (Phi) is 2.01. The first-order valence-electron chi connectivity index (χ1n) is 5.27. The van der Waals surface area contributed by atoms with Crippen molar-refractivity contribution in [2.75, 3.05) is 0 Å². The maximum absolute atomic E-state index is 11.6. The number of aliphatic imine (C=N–C) groups is 1. The van der Waals surface area contributed by atoms with E-state index < -0.39 is 0 Å². The zero-order valence-electron chi connectivity index (χ0n) is 8.79. The molecular formula is C10H17N3O. The van der Waals surface area contributed by atoms with Crippen LogP contribution >= 0.6 is 0 Å². The third kappa shape index (κ3) is 1.21. The quantitative estimate of drug-likeness (QED) is 0.741. The van der Waals surface area contributed by atoms with Crippen LogP contribution in [0, 0.1) is 0 Å². The monoisotopic (exact) mass is 195 g/mol. The minimum Gasteiger partial charge on any atom is -0.385 e. The lowest BCUT2D eigenvalue weighted by molar-refractivity contribution is 0.168. The van der Waals surface area contributed by atoms with Crippen molar-refractivity contribution in [2.24, 2.45) is 10.7 Å². The molecule has 0 radical (unpaired) electrons. The van der Waals surface area contributed by atoms with Gasteiger partial charge < -0.3 is 10.6 Å². The molecule has 4 nitrogen and oxygen atoms in total. The lowest BCUT2D eigenvalue weighted by Crippen LogP contribution is -2.52. The maximum Gasteiger partial charge on any atom is 0.346 e. The van der Waals surface area contributed by atoms with Crippen LogP contribution in [0.15, 0.2) is 4.99 Å². The van der Waals surface area contributed by atoms with Crippen LogP contribution in [0.4, 0.5) is 4.79 Å². The summed E-state index contributed by atoms with van der Waals surface area (Å²) < 4.78 is 0. The molecule has 0 spiro atoms. The largest absolute Gasteiger partial charge is 0.385 e. The molecule has 1 saturated carbocycles. The number of carbonyl (C=O) groups is 1. The Labute approximate surface area is 84.2 Å². The first kappa shape index (κ1) is 9.49. The summed E-state index contributed by atoms with van der Waals surface area (Å²) in [5.74, 6) is 0.497. The van der Waals surface area contributed by atoms with Crippen molar-refractivity contribution < 1.29 is 4.79 Å². The van der Waals surface area contributed by atoms with Gasteiger partial charge in [-0.25, -0.2) is 4.79 Å². The van der Waals surface area contributed by atoms with Gasteiger partial charge in [-0.3, -0.25) is 0 Å². The second-order valence-electron chi connectivity index (χ2n) is 4.40. The SMILES string of the molecule is CCCC1(C)C(N)=NC(=O)N1C1CC1. The zero-order valence-corrected chi connectivity index (χ0v) is 8.79. The van der Waals surface area contributed by atoms with Gasteiger partial charge in [0.25, 0.3) is 0 Å². The van der Waals surface area contributed by atoms with Gasteiger partial charge >= 0.3 is 6.03 Å². The average molecular weight is 195 g/mol. The van der Waals surface area contributed by atoms with Crippen LogP contribution in [0.5, 0.6) is 0 Å². The van der Waals surface area contributed by atoms with Crippen LogP contribution < -0.4 is 5.73 Å². The number of carbonyl (C=O) groups excluding carboxylic acids is 1. The fourth-order valence-electron chi connectivity index (χ4n) is 2.24. The average Bonchev–Trinajstić information content (AvgIpc) is 2.85. The molecular weight excluding hydrogens is 178 g/mol. The molecule has 1 aliphatic heterocycles. The molecule has 2 aliphatic rings. The molecule has 1 heterocycles. The van der Waals surface area contributed by atoms with Gasteiger partial charge in [0.2, 0.25) is 0 Å². The van der Waals surface area contributed by atoms with E-state index in [1.807, 2.05) is 11.8 Å². The minimum atomic E-state index is -0.312. The predicted octanol–water partition coefficient (Wildman–Crippen LogP) is 1.50. The van der Waals surface area contributed by atoms with Crippen molar-refractivity contribution in [1.82, 2.24) is 4.90 Å². The van der Waals surface area contributed by atoms with Gasteiger partial charge in [-0.1, -0.05) is 13.3 Å². The topological polar surface area (TPSA) is 58.7 Å². The Morgan fingerprint density at radius 1 is 1.64 bits per heavy atom. The molecule has 0 aromatic rings.